The molecule has 3 rings (SSSR count). The molecule has 0 amide bonds. The minimum Gasteiger partial charge on any atom is -0.455 e. The molecule has 0 saturated carbocycles. The first kappa shape index (κ1) is 16.7. The topological polar surface area (TPSA) is 68.3 Å². The highest BCUT2D eigenvalue weighted by Gasteiger charge is 2.07. The van der Waals surface area contributed by atoms with Crippen molar-refractivity contribution in [3.63, 3.8) is 0 Å². The van der Waals surface area contributed by atoms with Gasteiger partial charge in [-0.15, -0.1) is 0 Å². The predicted molar refractivity (Wildman–Crippen MR) is 98.6 cm³/mol. The molecule has 1 heterocycles. The maximum absolute atomic E-state index is 5.94. The quantitative estimate of drug-likeness (QED) is 0.604. The van der Waals surface area contributed by atoms with Gasteiger partial charge in [-0.3, -0.25) is 0 Å². The van der Waals surface area contributed by atoms with Crippen LogP contribution >= 0.6 is 0 Å². The Morgan fingerprint density at radius 1 is 0.960 bits per heavy atom. The highest BCUT2D eigenvalue weighted by molar-refractivity contribution is 5.63. The molecule has 0 aliphatic rings. The van der Waals surface area contributed by atoms with Crippen LogP contribution in [0.3, 0.4) is 0 Å². The zero-order valence-electron chi connectivity index (χ0n) is 14.0. The van der Waals surface area contributed by atoms with Crippen molar-refractivity contribution in [2.24, 2.45) is 0 Å². The van der Waals surface area contributed by atoms with Crippen LogP contribution in [0, 0.1) is 0 Å². The number of hydrogen-bond donors (Lipinski definition) is 2. The van der Waals surface area contributed by atoms with Crippen molar-refractivity contribution in [2.45, 2.75) is 0 Å². The SMILES string of the molecule is COCCNc1ccnc(Nc2ccccc2Oc2ccccc2)n1. The lowest BCUT2D eigenvalue weighted by atomic mass is 10.3. The van der Waals surface area contributed by atoms with Crippen molar-refractivity contribution in [3.8, 4) is 11.5 Å². The van der Waals surface area contributed by atoms with Gasteiger partial charge in [0, 0.05) is 19.9 Å². The van der Waals surface area contributed by atoms with Crippen LogP contribution in [0.2, 0.25) is 0 Å². The average Bonchev–Trinajstić information content (AvgIpc) is 2.65. The first-order valence-electron chi connectivity index (χ1n) is 8.00. The van der Waals surface area contributed by atoms with Gasteiger partial charge in [-0.25, -0.2) is 4.98 Å². The fraction of sp³-hybridized carbons (Fsp3) is 0.158. The van der Waals surface area contributed by atoms with Gasteiger partial charge in [0.25, 0.3) is 0 Å². The summed E-state index contributed by atoms with van der Waals surface area (Å²) in [7, 11) is 1.66. The number of aromatic nitrogens is 2. The van der Waals surface area contributed by atoms with E-state index in [4.69, 9.17) is 9.47 Å². The van der Waals surface area contributed by atoms with Gasteiger partial charge in [0.1, 0.15) is 11.6 Å². The second-order valence-electron chi connectivity index (χ2n) is 5.22. The van der Waals surface area contributed by atoms with Gasteiger partial charge in [-0.05, 0) is 30.3 Å². The van der Waals surface area contributed by atoms with Crippen molar-refractivity contribution in [3.05, 3.63) is 66.9 Å². The number of hydrogen-bond acceptors (Lipinski definition) is 6. The minimum atomic E-state index is 0.492. The van der Waals surface area contributed by atoms with Crippen molar-refractivity contribution in [1.29, 1.82) is 0 Å². The van der Waals surface area contributed by atoms with Crippen LogP contribution in [-0.4, -0.2) is 30.2 Å². The Bertz CT molecular complexity index is 796. The number of nitrogens with one attached hydrogen (secondary N) is 2. The van der Waals surface area contributed by atoms with Gasteiger partial charge < -0.3 is 20.1 Å². The molecule has 2 N–H and O–H groups in total. The molecule has 6 nitrogen and oxygen atoms in total. The average molecular weight is 336 g/mol. The molecule has 25 heavy (non-hydrogen) atoms. The predicted octanol–water partition coefficient (Wildman–Crippen LogP) is 4.07. The van der Waals surface area contributed by atoms with Crippen LogP contribution in [0.15, 0.2) is 66.9 Å². The Balaban J connectivity index is 1.74. The highest BCUT2D eigenvalue weighted by atomic mass is 16.5. The largest absolute Gasteiger partial charge is 0.455 e. The van der Waals surface area contributed by atoms with E-state index in [9.17, 15) is 0 Å². The Morgan fingerprint density at radius 2 is 1.76 bits per heavy atom. The van der Waals surface area contributed by atoms with E-state index in [-0.39, 0.29) is 0 Å². The number of nitrogens with zero attached hydrogens (tertiary/aromatic N) is 2. The first-order valence-corrected chi connectivity index (χ1v) is 8.00. The summed E-state index contributed by atoms with van der Waals surface area (Å²) >= 11 is 0. The first-order chi connectivity index (χ1) is 12.3. The zero-order valence-corrected chi connectivity index (χ0v) is 14.0. The number of rotatable bonds is 8. The van der Waals surface area contributed by atoms with Crippen LogP contribution in [0.25, 0.3) is 0 Å². The van der Waals surface area contributed by atoms with Gasteiger partial charge in [0.2, 0.25) is 5.95 Å². The van der Waals surface area contributed by atoms with E-state index >= 15 is 0 Å². The number of benzene rings is 2. The summed E-state index contributed by atoms with van der Waals surface area (Å²) < 4.78 is 11.0. The third kappa shape index (κ3) is 4.92. The standard InChI is InChI=1S/C19H20N4O2/c1-24-14-13-20-18-11-12-21-19(23-18)22-16-9-5-6-10-17(16)25-15-7-3-2-4-8-15/h2-12H,13-14H2,1H3,(H2,20,21,22,23). The van der Waals surface area contributed by atoms with E-state index in [0.717, 1.165) is 17.3 Å². The third-order valence-corrected chi connectivity index (χ3v) is 3.37. The van der Waals surface area contributed by atoms with Gasteiger partial charge in [0.05, 0.1) is 12.3 Å². The molecule has 0 saturated heterocycles. The van der Waals surface area contributed by atoms with Gasteiger partial charge >= 0.3 is 0 Å². The lowest BCUT2D eigenvalue weighted by Gasteiger charge is -2.12. The fourth-order valence-corrected chi connectivity index (χ4v) is 2.19. The van der Waals surface area contributed by atoms with E-state index in [1.54, 1.807) is 13.3 Å². The molecular formula is C19H20N4O2. The molecule has 2 aromatic carbocycles. The van der Waals surface area contributed by atoms with Crippen LogP contribution in [-0.2, 0) is 4.74 Å². The highest BCUT2D eigenvalue weighted by Crippen LogP contribution is 2.30. The van der Waals surface area contributed by atoms with Crippen LogP contribution in [0.1, 0.15) is 0 Å². The van der Waals surface area contributed by atoms with Crippen LogP contribution in [0.4, 0.5) is 17.5 Å². The van der Waals surface area contributed by atoms with Crippen molar-refractivity contribution < 1.29 is 9.47 Å². The van der Waals surface area contributed by atoms with Crippen molar-refractivity contribution >= 4 is 17.5 Å². The number of ether oxygens (including phenoxy) is 2. The van der Waals surface area contributed by atoms with E-state index in [0.29, 0.717) is 24.8 Å². The van der Waals surface area contributed by atoms with Crippen LogP contribution in [0.5, 0.6) is 11.5 Å². The van der Waals surface area contributed by atoms with Crippen molar-refractivity contribution in [2.75, 3.05) is 30.9 Å². The Hall–Kier alpha value is -3.12. The van der Waals surface area contributed by atoms with E-state index in [1.807, 2.05) is 60.7 Å². The van der Waals surface area contributed by atoms with E-state index < -0.39 is 0 Å². The maximum Gasteiger partial charge on any atom is 0.229 e. The molecule has 1 aromatic heterocycles. The maximum atomic E-state index is 5.94. The summed E-state index contributed by atoms with van der Waals surface area (Å²) in [5.41, 5.74) is 0.792. The molecule has 0 aliphatic carbocycles. The summed E-state index contributed by atoms with van der Waals surface area (Å²) in [6.45, 7) is 1.29. The lowest BCUT2D eigenvalue weighted by molar-refractivity contribution is 0.210. The molecule has 0 radical (unpaired) electrons. The fourth-order valence-electron chi connectivity index (χ4n) is 2.19. The molecule has 0 atom stereocenters. The van der Waals surface area contributed by atoms with Crippen LogP contribution < -0.4 is 15.4 Å². The molecule has 0 aliphatic heterocycles. The zero-order chi connectivity index (χ0) is 17.3. The Labute approximate surface area is 146 Å². The van der Waals surface area contributed by atoms with Gasteiger partial charge in [-0.2, -0.15) is 4.98 Å². The number of methoxy groups -OCH3 is 1. The summed E-state index contributed by atoms with van der Waals surface area (Å²) in [4.78, 5) is 8.71. The molecule has 3 aromatic rings. The molecule has 128 valence electrons. The third-order valence-electron chi connectivity index (χ3n) is 3.37. The molecule has 0 fully saturated rings. The van der Waals surface area contributed by atoms with E-state index in [1.165, 1.54) is 0 Å². The van der Waals surface area contributed by atoms with Crippen molar-refractivity contribution in [1.82, 2.24) is 9.97 Å². The minimum absolute atomic E-state index is 0.492. The summed E-state index contributed by atoms with van der Waals surface area (Å²) in [6, 6.07) is 19.1. The lowest BCUT2D eigenvalue weighted by Crippen LogP contribution is -2.09. The van der Waals surface area contributed by atoms with Gasteiger partial charge in [0.15, 0.2) is 5.75 Å². The summed E-state index contributed by atoms with van der Waals surface area (Å²) in [6.07, 6.45) is 1.70. The van der Waals surface area contributed by atoms with Gasteiger partial charge in [-0.1, -0.05) is 30.3 Å². The summed E-state index contributed by atoms with van der Waals surface area (Å²) in [5.74, 6) is 2.70. The Kier molecular flexibility index (Phi) is 5.79. The number of anilines is 3. The monoisotopic (exact) mass is 336 g/mol. The normalized spacial score (nSPS) is 10.3. The second kappa shape index (κ2) is 8.65. The molecule has 0 bridgehead atoms. The smallest absolute Gasteiger partial charge is 0.229 e. The summed E-state index contributed by atoms with van der Waals surface area (Å²) in [5, 5.41) is 6.38. The van der Waals surface area contributed by atoms with E-state index in [2.05, 4.69) is 20.6 Å². The second-order valence-corrected chi connectivity index (χ2v) is 5.22. The molecule has 0 unspecified atom stereocenters. The molecule has 0 spiro atoms. The molecular weight excluding hydrogens is 316 g/mol. The molecule has 6 heteroatoms. The number of para-hydroxylation sites is 3. The Morgan fingerprint density at radius 3 is 2.60 bits per heavy atom.